The molecule has 1 amide bonds. The predicted molar refractivity (Wildman–Crippen MR) is 95.5 cm³/mol. The van der Waals surface area contributed by atoms with E-state index in [1.807, 2.05) is 36.9 Å². The molecule has 0 radical (unpaired) electrons. The fraction of sp³-hybridized carbons (Fsp3) is 0.333. The molecule has 0 N–H and O–H groups in total. The van der Waals surface area contributed by atoms with Crippen molar-refractivity contribution in [2.45, 2.75) is 13.8 Å². The molecular formula is C18H20N6O2. The van der Waals surface area contributed by atoms with E-state index in [4.69, 9.17) is 4.42 Å². The van der Waals surface area contributed by atoms with Crippen LogP contribution in [0.2, 0.25) is 0 Å². The lowest BCUT2D eigenvalue weighted by molar-refractivity contribution is 0.0745. The summed E-state index contributed by atoms with van der Waals surface area (Å²) in [4.78, 5) is 16.3. The van der Waals surface area contributed by atoms with Gasteiger partial charge in [-0.3, -0.25) is 4.79 Å². The Bertz CT molecular complexity index is 892. The lowest BCUT2D eigenvalue weighted by Gasteiger charge is -2.35. The normalized spacial score (nSPS) is 14.7. The van der Waals surface area contributed by atoms with Crippen LogP contribution in [0.5, 0.6) is 0 Å². The number of carbonyl (C=O) groups excluding carboxylic acids is 1. The van der Waals surface area contributed by atoms with Gasteiger partial charge in [0.25, 0.3) is 5.91 Å². The number of nitrogens with zero attached hydrogens (tertiary/aromatic N) is 6. The van der Waals surface area contributed by atoms with Crippen LogP contribution in [0.1, 0.15) is 21.7 Å². The largest absolute Gasteiger partial charge is 0.472 e. The number of hydrogen-bond acceptors (Lipinski definition) is 6. The van der Waals surface area contributed by atoms with Crippen LogP contribution in [0.3, 0.4) is 0 Å². The first kappa shape index (κ1) is 16.3. The van der Waals surface area contributed by atoms with Crippen LogP contribution >= 0.6 is 0 Å². The molecule has 1 aliphatic rings. The lowest BCUT2D eigenvalue weighted by Crippen LogP contribution is -2.49. The molecule has 8 nitrogen and oxygen atoms in total. The van der Waals surface area contributed by atoms with Crippen LogP contribution in [0, 0.1) is 13.8 Å². The second-order valence-electron chi connectivity index (χ2n) is 6.38. The molecule has 0 atom stereocenters. The molecule has 1 saturated heterocycles. The molecule has 0 aromatic carbocycles. The van der Waals surface area contributed by atoms with Gasteiger partial charge in [-0.05, 0) is 38.1 Å². The van der Waals surface area contributed by atoms with Crippen LogP contribution in [-0.4, -0.2) is 57.0 Å². The van der Waals surface area contributed by atoms with Gasteiger partial charge in [0, 0.05) is 31.9 Å². The molecule has 0 saturated carbocycles. The zero-order chi connectivity index (χ0) is 18.1. The molecule has 134 valence electrons. The summed E-state index contributed by atoms with van der Waals surface area (Å²) in [5, 5.41) is 13.1. The summed E-state index contributed by atoms with van der Waals surface area (Å²) in [7, 11) is 0. The molecule has 1 aliphatic heterocycles. The van der Waals surface area contributed by atoms with Crippen molar-refractivity contribution in [3.05, 3.63) is 53.7 Å². The summed E-state index contributed by atoms with van der Waals surface area (Å²) in [6, 6.07) is 7.57. The van der Waals surface area contributed by atoms with Crippen LogP contribution < -0.4 is 4.90 Å². The third kappa shape index (κ3) is 3.05. The monoisotopic (exact) mass is 352 g/mol. The molecule has 4 heterocycles. The van der Waals surface area contributed by atoms with E-state index in [2.05, 4.69) is 20.2 Å². The molecule has 1 fully saturated rings. The summed E-state index contributed by atoms with van der Waals surface area (Å²) < 4.78 is 6.78. The second kappa shape index (κ2) is 6.62. The van der Waals surface area contributed by atoms with Crippen molar-refractivity contribution in [2.24, 2.45) is 0 Å². The van der Waals surface area contributed by atoms with Crippen molar-refractivity contribution < 1.29 is 9.21 Å². The van der Waals surface area contributed by atoms with Crippen LogP contribution in [0.4, 0.5) is 5.82 Å². The maximum Gasteiger partial charge on any atom is 0.257 e. The minimum absolute atomic E-state index is 0.00404. The van der Waals surface area contributed by atoms with Crippen molar-refractivity contribution in [3.8, 4) is 5.82 Å². The molecule has 0 unspecified atom stereocenters. The third-order valence-electron chi connectivity index (χ3n) is 4.52. The fourth-order valence-electron chi connectivity index (χ4n) is 3.17. The number of rotatable bonds is 3. The van der Waals surface area contributed by atoms with E-state index in [0.717, 1.165) is 30.3 Å². The minimum Gasteiger partial charge on any atom is -0.472 e. The number of anilines is 1. The predicted octanol–water partition coefficient (Wildman–Crippen LogP) is 1.83. The average molecular weight is 352 g/mol. The highest BCUT2D eigenvalue weighted by atomic mass is 16.3. The van der Waals surface area contributed by atoms with Gasteiger partial charge >= 0.3 is 0 Å². The van der Waals surface area contributed by atoms with Crippen molar-refractivity contribution in [2.75, 3.05) is 31.1 Å². The first-order valence-corrected chi connectivity index (χ1v) is 8.55. The fourth-order valence-corrected chi connectivity index (χ4v) is 3.17. The van der Waals surface area contributed by atoms with Gasteiger partial charge in [-0.2, -0.15) is 5.10 Å². The Morgan fingerprint density at radius 1 is 1.04 bits per heavy atom. The molecule has 0 bridgehead atoms. The van der Waals surface area contributed by atoms with Crippen LogP contribution in [-0.2, 0) is 0 Å². The number of furan rings is 1. The summed E-state index contributed by atoms with van der Waals surface area (Å²) in [5.41, 5.74) is 2.56. The van der Waals surface area contributed by atoms with Gasteiger partial charge in [0.1, 0.15) is 6.26 Å². The molecule has 26 heavy (non-hydrogen) atoms. The highest BCUT2D eigenvalue weighted by molar-refractivity contribution is 5.94. The first-order valence-electron chi connectivity index (χ1n) is 8.55. The van der Waals surface area contributed by atoms with E-state index < -0.39 is 0 Å². The zero-order valence-corrected chi connectivity index (χ0v) is 14.8. The van der Waals surface area contributed by atoms with Gasteiger partial charge in [-0.25, -0.2) is 4.68 Å². The van der Waals surface area contributed by atoms with E-state index in [-0.39, 0.29) is 5.91 Å². The lowest BCUT2D eigenvalue weighted by atomic mass is 10.2. The number of aryl methyl sites for hydroxylation is 2. The molecule has 0 spiro atoms. The number of hydrogen-bond donors (Lipinski definition) is 0. The maximum absolute atomic E-state index is 12.3. The Morgan fingerprint density at radius 3 is 2.35 bits per heavy atom. The molecule has 3 aromatic heterocycles. The number of aromatic nitrogens is 4. The SMILES string of the molecule is Cc1cc(C)n(-c2ccc(N3CCN(C(=O)c4ccoc4)CC3)nn2)n1. The molecule has 8 heteroatoms. The summed E-state index contributed by atoms with van der Waals surface area (Å²) in [5.74, 6) is 1.52. The van der Waals surface area contributed by atoms with Gasteiger partial charge < -0.3 is 14.2 Å². The van der Waals surface area contributed by atoms with E-state index >= 15 is 0 Å². The van der Waals surface area contributed by atoms with Gasteiger partial charge in [0.2, 0.25) is 0 Å². The summed E-state index contributed by atoms with van der Waals surface area (Å²) in [6.45, 7) is 6.67. The van der Waals surface area contributed by atoms with Crippen molar-refractivity contribution in [1.82, 2.24) is 24.9 Å². The van der Waals surface area contributed by atoms with E-state index in [1.165, 1.54) is 12.5 Å². The van der Waals surface area contributed by atoms with Gasteiger partial charge in [-0.15, -0.1) is 10.2 Å². The topological polar surface area (TPSA) is 80.3 Å². The molecule has 0 aliphatic carbocycles. The van der Waals surface area contributed by atoms with Gasteiger partial charge in [-0.1, -0.05) is 0 Å². The average Bonchev–Trinajstić information content (AvgIpc) is 3.31. The van der Waals surface area contributed by atoms with Gasteiger partial charge in [0.15, 0.2) is 11.6 Å². The second-order valence-corrected chi connectivity index (χ2v) is 6.38. The molecular weight excluding hydrogens is 332 g/mol. The van der Waals surface area contributed by atoms with Crippen molar-refractivity contribution in [3.63, 3.8) is 0 Å². The van der Waals surface area contributed by atoms with Crippen molar-refractivity contribution >= 4 is 11.7 Å². The smallest absolute Gasteiger partial charge is 0.257 e. The highest BCUT2D eigenvalue weighted by Gasteiger charge is 2.23. The van der Waals surface area contributed by atoms with E-state index in [1.54, 1.807) is 10.7 Å². The quantitative estimate of drug-likeness (QED) is 0.715. The Hall–Kier alpha value is -3.16. The molecule has 4 rings (SSSR count). The molecule has 3 aromatic rings. The van der Waals surface area contributed by atoms with E-state index in [0.29, 0.717) is 24.5 Å². The summed E-state index contributed by atoms with van der Waals surface area (Å²) >= 11 is 0. The maximum atomic E-state index is 12.3. The number of amides is 1. The standard InChI is InChI=1S/C18H20N6O2/c1-13-11-14(2)24(21-13)17-4-3-16(19-20-17)22-6-8-23(9-7-22)18(25)15-5-10-26-12-15/h3-5,10-12H,6-9H2,1-2H3. The Kier molecular flexibility index (Phi) is 4.16. The Morgan fingerprint density at radius 2 is 1.77 bits per heavy atom. The van der Waals surface area contributed by atoms with Crippen molar-refractivity contribution in [1.29, 1.82) is 0 Å². The minimum atomic E-state index is 0.00404. The summed E-state index contributed by atoms with van der Waals surface area (Å²) in [6.07, 6.45) is 3.00. The highest BCUT2D eigenvalue weighted by Crippen LogP contribution is 2.16. The Labute approximate surface area is 151 Å². The zero-order valence-electron chi connectivity index (χ0n) is 14.8. The third-order valence-corrected chi connectivity index (χ3v) is 4.52. The number of carbonyl (C=O) groups is 1. The van der Waals surface area contributed by atoms with Crippen LogP contribution in [0.25, 0.3) is 5.82 Å². The van der Waals surface area contributed by atoms with E-state index in [9.17, 15) is 4.79 Å². The first-order chi connectivity index (χ1) is 12.6. The number of piperazine rings is 1. The Balaban J connectivity index is 1.42. The van der Waals surface area contributed by atoms with Gasteiger partial charge in [0.05, 0.1) is 17.5 Å². The van der Waals surface area contributed by atoms with Crippen LogP contribution in [0.15, 0.2) is 41.2 Å².